The molecule has 0 saturated carbocycles. The molecule has 0 aromatic carbocycles. The molecule has 3 nitrogen and oxygen atoms in total. The molecule has 0 spiro atoms. The molecule has 0 bridgehead atoms. The lowest BCUT2D eigenvalue weighted by Gasteiger charge is -2.32. The molecule has 17 heavy (non-hydrogen) atoms. The van der Waals surface area contributed by atoms with Crippen molar-refractivity contribution in [1.29, 1.82) is 0 Å². The molecule has 3 heteroatoms. The first kappa shape index (κ1) is 14.0. The molecule has 0 radical (unpaired) electrons. The summed E-state index contributed by atoms with van der Waals surface area (Å²) in [6.45, 7) is 11.3. The first-order valence-corrected chi connectivity index (χ1v) is 6.28. The van der Waals surface area contributed by atoms with E-state index in [4.69, 9.17) is 5.73 Å². The molecular formula is C14H25N3. The van der Waals surface area contributed by atoms with Crippen molar-refractivity contribution in [3.8, 4) is 0 Å². The van der Waals surface area contributed by atoms with Gasteiger partial charge in [0, 0.05) is 42.3 Å². The Balaban J connectivity index is 3.20. The van der Waals surface area contributed by atoms with Gasteiger partial charge in [-0.15, -0.1) is 0 Å². The second-order valence-electron chi connectivity index (χ2n) is 5.15. The van der Waals surface area contributed by atoms with Crippen molar-refractivity contribution in [1.82, 2.24) is 4.98 Å². The summed E-state index contributed by atoms with van der Waals surface area (Å²) < 4.78 is 0. The summed E-state index contributed by atoms with van der Waals surface area (Å²) in [5.74, 6) is 0.611. The van der Waals surface area contributed by atoms with Gasteiger partial charge in [-0.1, -0.05) is 13.8 Å². The molecule has 1 unspecified atom stereocenters. The highest BCUT2D eigenvalue weighted by molar-refractivity contribution is 5.56. The van der Waals surface area contributed by atoms with Crippen molar-refractivity contribution in [2.45, 2.75) is 47.2 Å². The Hall–Kier alpha value is -1.09. The van der Waals surface area contributed by atoms with E-state index in [1.165, 1.54) is 5.69 Å². The van der Waals surface area contributed by atoms with Crippen LogP contribution in [0.15, 0.2) is 6.07 Å². The van der Waals surface area contributed by atoms with Crippen LogP contribution in [0, 0.1) is 19.8 Å². The van der Waals surface area contributed by atoms with Gasteiger partial charge in [0.25, 0.3) is 0 Å². The van der Waals surface area contributed by atoms with Gasteiger partial charge in [0.2, 0.25) is 0 Å². The molecule has 0 fully saturated rings. The van der Waals surface area contributed by atoms with Crippen LogP contribution < -0.4 is 10.6 Å². The number of aromatic nitrogens is 1. The molecule has 2 N–H and O–H groups in total. The van der Waals surface area contributed by atoms with Crippen LogP contribution in [0.3, 0.4) is 0 Å². The predicted octanol–water partition coefficient (Wildman–Crippen LogP) is 2.64. The normalized spacial score (nSPS) is 12.9. The summed E-state index contributed by atoms with van der Waals surface area (Å²) in [5.41, 5.74) is 10.3. The van der Waals surface area contributed by atoms with Gasteiger partial charge < -0.3 is 10.6 Å². The highest BCUT2D eigenvalue weighted by atomic mass is 15.1. The van der Waals surface area contributed by atoms with Gasteiger partial charge >= 0.3 is 0 Å². The Morgan fingerprint density at radius 1 is 1.29 bits per heavy atom. The lowest BCUT2D eigenvalue weighted by atomic mass is 10.0. The molecule has 1 aromatic rings. The van der Waals surface area contributed by atoms with E-state index in [2.05, 4.69) is 43.8 Å². The van der Waals surface area contributed by atoms with Crippen LogP contribution in [0.1, 0.15) is 37.7 Å². The fraction of sp³-hybridized carbons (Fsp3) is 0.643. The highest BCUT2D eigenvalue weighted by Crippen LogP contribution is 2.26. The Kier molecular flexibility index (Phi) is 4.52. The zero-order chi connectivity index (χ0) is 13.2. The van der Waals surface area contributed by atoms with E-state index < -0.39 is 0 Å². The van der Waals surface area contributed by atoms with Gasteiger partial charge in [0.05, 0.1) is 0 Å². The second kappa shape index (κ2) is 5.50. The molecule has 1 aromatic heterocycles. The van der Waals surface area contributed by atoms with Crippen LogP contribution in [0.4, 0.5) is 5.69 Å². The minimum absolute atomic E-state index is 0.487. The molecular weight excluding hydrogens is 210 g/mol. The number of aryl methyl sites for hydroxylation is 2. The van der Waals surface area contributed by atoms with E-state index >= 15 is 0 Å². The number of hydrogen-bond acceptors (Lipinski definition) is 3. The standard InChI is InChI=1S/C14H25N3/c1-9(2)12(5)17(6)14-7-10(3)16-11(4)13(14)8-15/h7,9,12H,8,15H2,1-6H3. The van der Waals surface area contributed by atoms with Crippen LogP contribution in [0.25, 0.3) is 0 Å². The largest absolute Gasteiger partial charge is 0.371 e. The molecule has 0 aliphatic rings. The van der Waals surface area contributed by atoms with E-state index in [1.54, 1.807) is 0 Å². The summed E-state index contributed by atoms with van der Waals surface area (Å²) >= 11 is 0. The maximum Gasteiger partial charge on any atom is 0.0448 e. The molecule has 0 aliphatic heterocycles. The second-order valence-corrected chi connectivity index (χ2v) is 5.15. The predicted molar refractivity (Wildman–Crippen MR) is 74.3 cm³/mol. The van der Waals surface area contributed by atoms with Crippen LogP contribution in [-0.2, 0) is 6.54 Å². The summed E-state index contributed by atoms with van der Waals surface area (Å²) in [6.07, 6.45) is 0. The van der Waals surface area contributed by atoms with Gasteiger partial charge in [-0.25, -0.2) is 0 Å². The van der Waals surface area contributed by atoms with Crippen molar-refractivity contribution in [3.63, 3.8) is 0 Å². The highest BCUT2D eigenvalue weighted by Gasteiger charge is 2.17. The van der Waals surface area contributed by atoms with Crippen LogP contribution in [-0.4, -0.2) is 18.1 Å². The summed E-state index contributed by atoms with van der Waals surface area (Å²) in [4.78, 5) is 6.80. The number of hydrogen-bond donors (Lipinski definition) is 1. The van der Waals surface area contributed by atoms with E-state index in [0.717, 1.165) is 17.0 Å². The lowest BCUT2D eigenvalue weighted by molar-refractivity contribution is 0.504. The third-order valence-electron chi connectivity index (χ3n) is 3.60. The molecule has 1 atom stereocenters. The van der Waals surface area contributed by atoms with E-state index in [9.17, 15) is 0 Å². The molecule has 1 heterocycles. The zero-order valence-electron chi connectivity index (χ0n) is 11.9. The average molecular weight is 235 g/mol. The van der Waals surface area contributed by atoms with Gasteiger partial charge in [0.15, 0.2) is 0 Å². The van der Waals surface area contributed by atoms with Gasteiger partial charge in [0.1, 0.15) is 0 Å². The average Bonchev–Trinajstić information content (AvgIpc) is 2.25. The first-order chi connectivity index (χ1) is 7.88. The lowest BCUT2D eigenvalue weighted by Crippen LogP contribution is -2.34. The fourth-order valence-electron chi connectivity index (χ4n) is 2.07. The van der Waals surface area contributed by atoms with Crippen molar-refractivity contribution in [2.75, 3.05) is 11.9 Å². The van der Waals surface area contributed by atoms with Gasteiger partial charge in [-0.05, 0) is 32.8 Å². The fourth-order valence-corrected chi connectivity index (χ4v) is 2.07. The summed E-state index contributed by atoms with van der Waals surface area (Å²) in [7, 11) is 2.14. The number of anilines is 1. The summed E-state index contributed by atoms with van der Waals surface area (Å²) in [6, 6.07) is 2.62. The number of pyridine rings is 1. The van der Waals surface area contributed by atoms with Gasteiger partial charge in [-0.2, -0.15) is 0 Å². The maximum absolute atomic E-state index is 5.85. The molecule has 1 rings (SSSR count). The van der Waals surface area contributed by atoms with Crippen molar-refractivity contribution in [3.05, 3.63) is 23.0 Å². The van der Waals surface area contributed by atoms with Crippen molar-refractivity contribution in [2.24, 2.45) is 11.7 Å². The Morgan fingerprint density at radius 3 is 2.35 bits per heavy atom. The summed E-state index contributed by atoms with van der Waals surface area (Å²) in [5, 5.41) is 0. The van der Waals surface area contributed by atoms with Crippen LogP contribution in [0.5, 0.6) is 0 Å². The van der Waals surface area contributed by atoms with Crippen LogP contribution >= 0.6 is 0 Å². The quantitative estimate of drug-likeness (QED) is 0.872. The first-order valence-electron chi connectivity index (χ1n) is 6.28. The Bertz CT molecular complexity index is 385. The minimum Gasteiger partial charge on any atom is -0.371 e. The van der Waals surface area contributed by atoms with E-state index in [0.29, 0.717) is 18.5 Å². The number of nitrogens with two attached hydrogens (primary N) is 1. The third kappa shape index (κ3) is 2.97. The topological polar surface area (TPSA) is 42.1 Å². The van der Waals surface area contributed by atoms with Crippen LogP contribution in [0.2, 0.25) is 0 Å². The monoisotopic (exact) mass is 235 g/mol. The molecule has 0 aliphatic carbocycles. The van der Waals surface area contributed by atoms with Gasteiger partial charge in [-0.3, -0.25) is 4.98 Å². The minimum atomic E-state index is 0.487. The Morgan fingerprint density at radius 2 is 1.88 bits per heavy atom. The van der Waals surface area contributed by atoms with E-state index in [1.807, 2.05) is 13.8 Å². The smallest absolute Gasteiger partial charge is 0.0448 e. The molecule has 0 amide bonds. The van der Waals surface area contributed by atoms with Crippen molar-refractivity contribution >= 4 is 5.69 Å². The molecule has 96 valence electrons. The SMILES string of the molecule is Cc1cc(N(C)C(C)C(C)C)c(CN)c(C)n1. The number of nitrogens with zero attached hydrogens (tertiary/aromatic N) is 2. The maximum atomic E-state index is 5.85. The zero-order valence-corrected chi connectivity index (χ0v) is 11.9. The Labute approximate surface area is 105 Å². The van der Waals surface area contributed by atoms with Crippen molar-refractivity contribution < 1.29 is 0 Å². The third-order valence-corrected chi connectivity index (χ3v) is 3.60. The molecule has 0 saturated heterocycles. The van der Waals surface area contributed by atoms with E-state index in [-0.39, 0.29) is 0 Å². The number of rotatable bonds is 4.